The van der Waals surface area contributed by atoms with Crippen molar-refractivity contribution in [1.29, 1.82) is 0 Å². The largest absolute Gasteiger partial charge is 0.454 e. The molecule has 2 aromatic rings. The van der Waals surface area contributed by atoms with Gasteiger partial charge in [0.25, 0.3) is 0 Å². The lowest BCUT2D eigenvalue weighted by Crippen LogP contribution is -2.83. The zero-order valence-corrected chi connectivity index (χ0v) is 44.2. The molecule has 4 bridgehead atoms. The molecule has 1 saturated heterocycles. The number of rotatable bonds is 6. The minimum absolute atomic E-state index is 0.0623. The van der Waals surface area contributed by atoms with Crippen LogP contribution in [0.5, 0.6) is 0 Å². The SMILES string of the molecule is CN[C@@H]1Cc2c(cccc2CO)C#CCC[C@]23CC[C@H]4[C@@](O)(C[C@@H]5C[C@@H]([C@@H](C)C6CCCC6)CC[C@@H]6[C@H]7OCC[C@H]8C[C@H]9C[C@@H](c%10ccccc%10)CC[C@H]9[C@]87C[C@@]4(C=O)[C@]56O)[C@@]2(O)C[C@@H]2C[C@H]1[C@@H]1OC(=O)C=C1[C@@H]23. The van der Waals surface area contributed by atoms with Crippen molar-refractivity contribution in [2.45, 2.75) is 189 Å². The van der Waals surface area contributed by atoms with Gasteiger partial charge in [0.2, 0.25) is 0 Å². The van der Waals surface area contributed by atoms with Crippen LogP contribution >= 0.6 is 0 Å². The van der Waals surface area contributed by atoms with Crippen LogP contribution < -0.4 is 5.32 Å². The number of aliphatic hydroxyl groups is 4. The van der Waals surface area contributed by atoms with Gasteiger partial charge in [-0.3, -0.25) is 0 Å². The molecule has 2 aromatic carbocycles. The van der Waals surface area contributed by atoms with Crippen molar-refractivity contribution in [3.8, 4) is 11.8 Å². The Morgan fingerprint density at radius 3 is 2.47 bits per heavy atom. The zero-order chi connectivity index (χ0) is 50.6. The second-order valence-electron chi connectivity index (χ2n) is 27.4. The number of carbonyl (C=O) groups is 2. The summed E-state index contributed by atoms with van der Waals surface area (Å²) in [4.78, 5) is 29.3. The zero-order valence-electron chi connectivity index (χ0n) is 44.2. The summed E-state index contributed by atoms with van der Waals surface area (Å²) in [5.41, 5.74) is -2.05. The Morgan fingerprint density at radius 2 is 1.68 bits per heavy atom. The first kappa shape index (κ1) is 49.0. The van der Waals surface area contributed by atoms with E-state index in [2.05, 4.69) is 54.4 Å². The van der Waals surface area contributed by atoms with Crippen molar-refractivity contribution in [2.24, 2.45) is 87.3 Å². The first-order chi connectivity index (χ1) is 35.9. The molecule has 9 saturated carbocycles. The second-order valence-corrected chi connectivity index (χ2v) is 27.4. The normalized spacial score (nSPS) is 49.1. The van der Waals surface area contributed by atoms with E-state index in [1.807, 2.05) is 25.2 Å². The third-order valence-electron chi connectivity index (χ3n) is 25.7. The van der Waals surface area contributed by atoms with Crippen LogP contribution in [0.3, 0.4) is 0 Å². The summed E-state index contributed by atoms with van der Waals surface area (Å²) >= 11 is 0. The maximum absolute atomic E-state index is 15.5. The lowest BCUT2D eigenvalue weighted by molar-refractivity contribution is -0.366. The first-order valence-corrected chi connectivity index (χ1v) is 30.0. The molecular formula is C65H83NO8. The highest BCUT2D eigenvalue weighted by molar-refractivity contribution is 5.86. The summed E-state index contributed by atoms with van der Waals surface area (Å²) in [6, 6.07) is 17.0. The molecule has 9 heteroatoms. The predicted octanol–water partition coefficient (Wildman–Crippen LogP) is 9.40. The highest BCUT2D eigenvalue weighted by Crippen LogP contribution is 2.81. The molecule has 0 amide bonds. The fourth-order valence-corrected chi connectivity index (χ4v) is 23.0. The number of aliphatic hydroxyl groups excluding tert-OH is 1. The van der Waals surface area contributed by atoms with Gasteiger partial charge in [-0.05, 0) is 197 Å². The van der Waals surface area contributed by atoms with Gasteiger partial charge in [0, 0.05) is 59.3 Å². The first-order valence-electron chi connectivity index (χ1n) is 30.0. The van der Waals surface area contributed by atoms with Crippen LogP contribution in [0.15, 0.2) is 60.2 Å². The quantitative estimate of drug-likeness (QED) is 0.109. The fourth-order valence-electron chi connectivity index (χ4n) is 23.0. The van der Waals surface area contributed by atoms with Crippen LogP contribution in [-0.2, 0) is 32.1 Å². The maximum Gasteiger partial charge on any atom is 0.331 e. The fraction of sp³-hybridized carbons (Fsp3) is 0.723. The predicted molar refractivity (Wildman–Crippen MR) is 281 cm³/mol. The van der Waals surface area contributed by atoms with Gasteiger partial charge in [0.1, 0.15) is 18.0 Å². The third kappa shape index (κ3) is 6.39. The smallest absolute Gasteiger partial charge is 0.331 e. The van der Waals surface area contributed by atoms with Crippen molar-refractivity contribution < 1.29 is 39.5 Å². The van der Waals surface area contributed by atoms with Crippen molar-refractivity contribution in [3.05, 3.63) is 82.4 Å². The lowest BCUT2D eigenvalue weighted by Gasteiger charge is -2.75. The molecule has 0 aromatic heterocycles. The van der Waals surface area contributed by atoms with E-state index in [1.165, 1.54) is 37.5 Å². The van der Waals surface area contributed by atoms with Crippen LogP contribution in [-0.4, -0.2) is 81.4 Å². The molecule has 9 nitrogen and oxygen atoms in total. The Labute approximate surface area is 439 Å². The van der Waals surface area contributed by atoms with E-state index < -0.39 is 45.6 Å². The van der Waals surface area contributed by atoms with E-state index in [0.29, 0.717) is 99.4 Å². The monoisotopic (exact) mass is 1010 g/mol. The van der Waals surface area contributed by atoms with Crippen LogP contribution in [0.25, 0.3) is 0 Å². The molecule has 0 unspecified atom stereocenters. The van der Waals surface area contributed by atoms with E-state index in [9.17, 15) is 25.2 Å². The molecule has 13 aliphatic rings. The number of aldehydes is 1. The van der Waals surface area contributed by atoms with Gasteiger partial charge in [-0.2, -0.15) is 0 Å². The number of carbonyl (C=O) groups excluding carboxylic acids is 2. The van der Waals surface area contributed by atoms with E-state index >= 15 is 4.79 Å². The van der Waals surface area contributed by atoms with Crippen molar-refractivity contribution in [3.63, 3.8) is 0 Å². The Bertz CT molecular complexity index is 2650. The highest BCUT2D eigenvalue weighted by atomic mass is 16.5. The van der Waals surface area contributed by atoms with Crippen molar-refractivity contribution in [2.75, 3.05) is 13.7 Å². The number of benzene rings is 2. The molecule has 15 rings (SSSR count). The molecular weight excluding hydrogens is 923 g/mol. The van der Waals surface area contributed by atoms with E-state index in [1.54, 1.807) is 6.08 Å². The Balaban J connectivity index is 0.928. The molecule has 2 spiro atoms. The molecule has 396 valence electrons. The van der Waals surface area contributed by atoms with E-state index in [4.69, 9.17) is 9.47 Å². The topological polar surface area (TPSA) is 146 Å². The van der Waals surface area contributed by atoms with Gasteiger partial charge >= 0.3 is 5.97 Å². The Morgan fingerprint density at radius 1 is 0.851 bits per heavy atom. The van der Waals surface area contributed by atoms with Gasteiger partial charge in [-0.1, -0.05) is 86.9 Å². The van der Waals surface area contributed by atoms with Gasteiger partial charge in [-0.15, -0.1) is 0 Å². The molecule has 0 radical (unpaired) electrons. The summed E-state index contributed by atoms with van der Waals surface area (Å²) in [5.74, 6) is 8.24. The molecule has 2 heterocycles. The summed E-state index contributed by atoms with van der Waals surface area (Å²) < 4.78 is 13.8. The molecule has 2 aliphatic heterocycles. The molecule has 21 atom stereocenters. The third-order valence-corrected chi connectivity index (χ3v) is 25.7. The van der Waals surface area contributed by atoms with Gasteiger partial charge in [-0.25, -0.2) is 4.79 Å². The minimum Gasteiger partial charge on any atom is -0.454 e. The maximum atomic E-state index is 15.5. The number of hydrogen-bond donors (Lipinski definition) is 5. The molecule has 5 N–H and O–H groups in total. The number of hydrogen-bond acceptors (Lipinski definition) is 9. The van der Waals surface area contributed by atoms with Gasteiger partial charge in [0.15, 0.2) is 0 Å². The summed E-state index contributed by atoms with van der Waals surface area (Å²) in [7, 11) is 1.97. The summed E-state index contributed by atoms with van der Waals surface area (Å²) in [5, 5.41) is 58.8. The molecule has 10 fully saturated rings. The standard InChI is InChI=1S/C65H83NO8/c1-38(39-11-6-7-12-39)42-18-21-53-59-62(47(23-26-73-59)29-45-27-43(19-20-52(45)62)40-13-4-3-5-14-40)36-61(37-68)55-22-25-60-24-9-8-15-41-16-10-17-44(35-67)49(41)31-54(66-2)50-30-46(57(60)51-32-56(69)74-58(50)51)33-64(60,71)63(55,70)34-48(28-42)65(53,61)72/h3-5,10,13-14,16-17,32,37-39,42-43,45-48,50,52-55,57-59,66-67,70-72H,6-7,9,11-12,18-31,33-36H2,1-2H3/t38-,42-,43-,45+,46-,47-,48-,50+,52+,53+,54+,55+,57+,58-,59+,60+,61-,62-,63-,64+,65-/m0/s1. The Kier molecular flexibility index (Phi) is 11.6. The van der Waals surface area contributed by atoms with Crippen LogP contribution in [0, 0.1) is 99.1 Å². The number of fused-ring (bicyclic) bond motifs is 8. The number of likely N-dealkylation sites (N-methyl/N-ethyl adjacent to an activating group) is 1. The number of esters is 1. The summed E-state index contributed by atoms with van der Waals surface area (Å²) in [6.07, 6.45) is 19.8. The van der Waals surface area contributed by atoms with E-state index in [0.717, 1.165) is 73.6 Å². The second kappa shape index (κ2) is 17.6. The average molecular weight is 1010 g/mol. The van der Waals surface area contributed by atoms with Crippen LogP contribution in [0.4, 0.5) is 0 Å². The lowest BCUT2D eigenvalue weighted by atomic mass is 9.32. The van der Waals surface area contributed by atoms with Crippen molar-refractivity contribution in [1.82, 2.24) is 5.32 Å². The highest BCUT2D eigenvalue weighted by Gasteiger charge is 2.85. The van der Waals surface area contributed by atoms with Gasteiger partial charge < -0.3 is 40.0 Å². The average Bonchev–Trinajstić information content (AvgIpc) is 4.20. The van der Waals surface area contributed by atoms with Crippen molar-refractivity contribution >= 4 is 12.3 Å². The van der Waals surface area contributed by atoms with Gasteiger partial charge in [0.05, 0.1) is 29.3 Å². The summed E-state index contributed by atoms with van der Waals surface area (Å²) in [6.45, 7) is 3.07. The minimum atomic E-state index is -1.70. The molecule has 11 aliphatic carbocycles. The van der Waals surface area contributed by atoms with Crippen LogP contribution in [0.2, 0.25) is 0 Å². The number of ether oxygens (including phenoxy) is 2. The Hall–Kier alpha value is -3.36. The van der Waals surface area contributed by atoms with E-state index in [-0.39, 0.29) is 60.2 Å². The number of nitrogens with one attached hydrogen (secondary N) is 1. The van der Waals surface area contributed by atoms with Crippen LogP contribution in [0.1, 0.15) is 164 Å². The molecule has 74 heavy (non-hydrogen) atoms.